The second-order valence-electron chi connectivity index (χ2n) is 7.28. The molecule has 0 aromatic heterocycles. The van der Waals surface area contributed by atoms with E-state index in [1.165, 1.54) is 43.2 Å². The third-order valence-electron chi connectivity index (χ3n) is 5.17. The lowest BCUT2D eigenvalue weighted by molar-refractivity contribution is 0.363. The molecule has 0 radical (unpaired) electrons. The molecule has 0 bridgehead atoms. The van der Waals surface area contributed by atoms with Gasteiger partial charge in [-0.05, 0) is 49.0 Å². The monoisotopic (exact) mass is 366 g/mol. The summed E-state index contributed by atoms with van der Waals surface area (Å²) in [5.74, 6) is 0. The molecule has 0 amide bonds. The predicted octanol–water partition coefficient (Wildman–Crippen LogP) is 5.33. The Morgan fingerprint density at radius 3 is 2.15 bits per heavy atom. The molecule has 2 aromatic rings. The maximum Gasteiger partial charge on any atom is 0.169 e. The number of thiocarbonyl (C=S) groups is 1. The Kier molecular flexibility index (Phi) is 7.51. The van der Waals surface area contributed by atoms with Crippen molar-refractivity contribution in [2.75, 3.05) is 6.54 Å². The minimum absolute atomic E-state index is 0.559. The summed E-state index contributed by atoms with van der Waals surface area (Å²) in [4.78, 5) is 2.35. The number of nitrogens with one attached hydrogen (secondary N) is 1. The van der Waals surface area contributed by atoms with E-state index in [0.29, 0.717) is 6.04 Å². The van der Waals surface area contributed by atoms with Gasteiger partial charge in [-0.25, -0.2) is 0 Å². The van der Waals surface area contributed by atoms with Gasteiger partial charge in [-0.2, -0.15) is 0 Å². The molecule has 26 heavy (non-hydrogen) atoms. The van der Waals surface area contributed by atoms with Crippen molar-refractivity contribution in [3.05, 3.63) is 71.8 Å². The van der Waals surface area contributed by atoms with E-state index in [0.717, 1.165) is 31.0 Å². The quantitative estimate of drug-likeness (QED) is 0.667. The predicted molar refractivity (Wildman–Crippen MR) is 114 cm³/mol. The average Bonchev–Trinajstić information content (AvgIpc) is 2.69. The number of benzene rings is 2. The Balaban J connectivity index is 1.57. The van der Waals surface area contributed by atoms with Crippen molar-refractivity contribution >= 4 is 17.3 Å². The Morgan fingerprint density at radius 2 is 1.50 bits per heavy atom. The van der Waals surface area contributed by atoms with Gasteiger partial charge in [0.2, 0.25) is 0 Å². The van der Waals surface area contributed by atoms with Gasteiger partial charge < -0.3 is 10.2 Å². The fourth-order valence-corrected chi connectivity index (χ4v) is 4.01. The molecule has 0 unspecified atom stereocenters. The topological polar surface area (TPSA) is 15.3 Å². The first-order valence-electron chi connectivity index (χ1n) is 9.94. The summed E-state index contributed by atoms with van der Waals surface area (Å²) in [5, 5.41) is 4.57. The van der Waals surface area contributed by atoms with E-state index in [9.17, 15) is 0 Å². The fourth-order valence-electron chi connectivity index (χ4n) is 3.69. The second kappa shape index (κ2) is 10.3. The first kappa shape index (κ1) is 18.9. The van der Waals surface area contributed by atoms with E-state index in [4.69, 9.17) is 12.2 Å². The maximum atomic E-state index is 5.80. The summed E-state index contributed by atoms with van der Waals surface area (Å²) in [6, 6.07) is 21.9. The van der Waals surface area contributed by atoms with E-state index in [-0.39, 0.29) is 0 Å². The molecule has 2 aromatic carbocycles. The van der Waals surface area contributed by atoms with Crippen LogP contribution in [0, 0.1) is 0 Å². The van der Waals surface area contributed by atoms with Crippen LogP contribution in [0.25, 0.3) is 0 Å². The molecule has 1 saturated carbocycles. The molecule has 2 nitrogen and oxygen atoms in total. The number of aryl methyl sites for hydroxylation is 1. The van der Waals surface area contributed by atoms with E-state index >= 15 is 0 Å². The van der Waals surface area contributed by atoms with Crippen LogP contribution in [0.3, 0.4) is 0 Å². The van der Waals surface area contributed by atoms with Gasteiger partial charge >= 0.3 is 0 Å². The normalized spacial score (nSPS) is 14.8. The van der Waals surface area contributed by atoms with Gasteiger partial charge in [-0.15, -0.1) is 0 Å². The Bertz CT molecular complexity index is 650. The number of rotatable bonds is 7. The van der Waals surface area contributed by atoms with Gasteiger partial charge in [0.1, 0.15) is 0 Å². The molecule has 1 N–H and O–H groups in total. The molecule has 0 atom stereocenters. The lowest BCUT2D eigenvalue weighted by Gasteiger charge is -2.31. The van der Waals surface area contributed by atoms with Crippen molar-refractivity contribution < 1.29 is 0 Å². The van der Waals surface area contributed by atoms with Crippen molar-refractivity contribution in [2.24, 2.45) is 0 Å². The van der Waals surface area contributed by atoms with Crippen molar-refractivity contribution in [3.63, 3.8) is 0 Å². The third-order valence-corrected chi connectivity index (χ3v) is 5.55. The largest absolute Gasteiger partial charge is 0.360 e. The van der Waals surface area contributed by atoms with E-state index in [1.807, 2.05) is 0 Å². The summed E-state index contributed by atoms with van der Waals surface area (Å²) in [6.07, 6.45) is 8.74. The highest BCUT2D eigenvalue weighted by atomic mass is 32.1. The first-order chi connectivity index (χ1) is 12.8. The SMILES string of the molecule is S=C(NC1CCCCC1)N(CCCc1ccccc1)Cc1ccccc1. The second-order valence-corrected chi connectivity index (χ2v) is 7.67. The molecule has 0 saturated heterocycles. The lowest BCUT2D eigenvalue weighted by atomic mass is 9.96. The van der Waals surface area contributed by atoms with E-state index in [2.05, 4.69) is 70.9 Å². The highest BCUT2D eigenvalue weighted by molar-refractivity contribution is 7.80. The van der Waals surface area contributed by atoms with Crippen molar-refractivity contribution in [2.45, 2.75) is 57.5 Å². The zero-order chi connectivity index (χ0) is 18.0. The van der Waals surface area contributed by atoms with Crippen molar-refractivity contribution in [1.82, 2.24) is 10.2 Å². The Hall–Kier alpha value is -1.87. The molecule has 1 fully saturated rings. The molecule has 0 heterocycles. The van der Waals surface area contributed by atoms with Crippen LogP contribution in [0.5, 0.6) is 0 Å². The van der Waals surface area contributed by atoms with Gasteiger partial charge in [0, 0.05) is 19.1 Å². The van der Waals surface area contributed by atoms with Crippen LogP contribution in [-0.4, -0.2) is 22.6 Å². The third kappa shape index (κ3) is 6.14. The number of hydrogen-bond acceptors (Lipinski definition) is 1. The molecule has 0 spiro atoms. The van der Waals surface area contributed by atoms with Crippen LogP contribution in [-0.2, 0) is 13.0 Å². The van der Waals surface area contributed by atoms with Crippen LogP contribution in [0.1, 0.15) is 49.7 Å². The molecule has 1 aliphatic carbocycles. The standard InChI is InChI=1S/C23H30N2S/c26-23(24-22-16-8-3-9-17-22)25(19-21-13-6-2-7-14-21)18-10-15-20-11-4-1-5-12-20/h1-2,4-7,11-14,22H,3,8-10,15-19H2,(H,24,26). The van der Waals surface area contributed by atoms with Gasteiger partial charge in [0.05, 0.1) is 0 Å². The first-order valence-corrected chi connectivity index (χ1v) is 10.4. The highest BCUT2D eigenvalue weighted by Gasteiger charge is 2.17. The maximum absolute atomic E-state index is 5.80. The molecule has 0 aliphatic heterocycles. The van der Waals surface area contributed by atoms with Crippen molar-refractivity contribution in [1.29, 1.82) is 0 Å². The van der Waals surface area contributed by atoms with Crippen LogP contribution in [0.15, 0.2) is 60.7 Å². The zero-order valence-electron chi connectivity index (χ0n) is 15.6. The van der Waals surface area contributed by atoms with Gasteiger partial charge in [0.25, 0.3) is 0 Å². The average molecular weight is 367 g/mol. The molecular weight excluding hydrogens is 336 g/mol. The molecule has 1 aliphatic rings. The van der Waals surface area contributed by atoms with Crippen molar-refractivity contribution in [3.8, 4) is 0 Å². The zero-order valence-corrected chi connectivity index (χ0v) is 16.4. The summed E-state index contributed by atoms with van der Waals surface area (Å²) >= 11 is 5.80. The fraction of sp³-hybridized carbons (Fsp3) is 0.435. The molecule has 3 heteroatoms. The highest BCUT2D eigenvalue weighted by Crippen LogP contribution is 2.18. The molecule has 138 valence electrons. The minimum Gasteiger partial charge on any atom is -0.360 e. The Morgan fingerprint density at radius 1 is 0.885 bits per heavy atom. The molecular formula is C23H30N2S. The summed E-state index contributed by atoms with van der Waals surface area (Å²) in [6.45, 7) is 1.87. The number of nitrogens with zero attached hydrogens (tertiary/aromatic N) is 1. The smallest absolute Gasteiger partial charge is 0.169 e. The van der Waals surface area contributed by atoms with E-state index in [1.54, 1.807) is 0 Å². The molecule has 3 rings (SSSR count). The van der Waals surface area contributed by atoms with Crippen LogP contribution >= 0.6 is 12.2 Å². The van der Waals surface area contributed by atoms with Crippen LogP contribution in [0.4, 0.5) is 0 Å². The minimum atomic E-state index is 0.559. The van der Waals surface area contributed by atoms with E-state index < -0.39 is 0 Å². The lowest BCUT2D eigenvalue weighted by Crippen LogP contribution is -2.45. The summed E-state index contributed by atoms with van der Waals surface area (Å²) < 4.78 is 0. The van der Waals surface area contributed by atoms with Crippen LogP contribution in [0.2, 0.25) is 0 Å². The van der Waals surface area contributed by atoms with Gasteiger partial charge in [0.15, 0.2) is 5.11 Å². The number of hydrogen-bond donors (Lipinski definition) is 1. The van der Waals surface area contributed by atoms with Gasteiger partial charge in [-0.1, -0.05) is 79.9 Å². The van der Waals surface area contributed by atoms with Crippen LogP contribution < -0.4 is 5.32 Å². The summed E-state index contributed by atoms with van der Waals surface area (Å²) in [5.41, 5.74) is 2.72. The summed E-state index contributed by atoms with van der Waals surface area (Å²) in [7, 11) is 0. The van der Waals surface area contributed by atoms with Gasteiger partial charge in [-0.3, -0.25) is 0 Å². The Labute approximate surface area is 163 Å².